The summed E-state index contributed by atoms with van der Waals surface area (Å²) in [6.07, 6.45) is 3.87. The number of nitrogens with zero attached hydrogens (tertiary/aromatic N) is 2. The molecule has 0 atom stereocenters. The number of aryl methyl sites for hydroxylation is 1. The molecule has 2 rings (SSSR count). The topological polar surface area (TPSA) is 59.5 Å². The van der Waals surface area contributed by atoms with E-state index in [1.807, 2.05) is 18.2 Å². The Kier molecular flexibility index (Phi) is 4.09. The van der Waals surface area contributed by atoms with Crippen molar-refractivity contribution in [2.45, 2.75) is 19.3 Å². The Morgan fingerprint density at radius 1 is 1.35 bits per heavy atom. The summed E-state index contributed by atoms with van der Waals surface area (Å²) in [6, 6.07) is 5.49. The zero-order valence-electron chi connectivity index (χ0n) is 9.58. The average molecular weight is 256 g/mol. The van der Waals surface area contributed by atoms with Gasteiger partial charge >= 0.3 is 0 Å². The van der Waals surface area contributed by atoms with Gasteiger partial charge in [-0.1, -0.05) is 10.5 Å². The van der Waals surface area contributed by atoms with Crippen LogP contribution in [-0.4, -0.2) is 36.8 Å². The molecule has 1 fully saturated rings. The Balaban J connectivity index is 1.93. The van der Waals surface area contributed by atoms with Gasteiger partial charge in [0.05, 0.1) is 12.4 Å². The molecule has 1 saturated heterocycles. The highest BCUT2D eigenvalue weighted by Crippen LogP contribution is 2.12. The van der Waals surface area contributed by atoms with Crippen molar-refractivity contribution in [3.8, 4) is 0 Å². The van der Waals surface area contributed by atoms with Crippen molar-refractivity contribution in [3.63, 3.8) is 0 Å². The van der Waals surface area contributed by atoms with Gasteiger partial charge in [0, 0.05) is 24.9 Å². The number of pyridine rings is 1. The van der Waals surface area contributed by atoms with Crippen LogP contribution < -0.4 is 0 Å². The fraction of sp³-hybridized carbons (Fsp3) is 0.545. The second-order valence-electron chi connectivity index (χ2n) is 3.95. The first-order valence-electron chi connectivity index (χ1n) is 5.72. The van der Waals surface area contributed by atoms with Crippen molar-refractivity contribution in [3.05, 3.63) is 30.1 Å². The van der Waals surface area contributed by atoms with Crippen LogP contribution in [0.3, 0.4) is 0 Å². The average Bonchev–Trinajstić information content (AvgIpc) is 2.39. The van der Waals surface area contributed by atoms with E-state index < -0.39 is 10.0 Å². The molecular formula is C11H16N2O3S. The monoisotopic (exact) mass is 256 g/mol. The Morgan fingerprint density at radius 2 is 2.24 bits per heavy atom. The van der Waals surface area contributed by atoms with Crippen LogP contribution >= 0.6 is 0 Å². The van der Waals surface area contributed by atoms with Crippen molar-refractivity contribution in [1.29, 1.82) is 0 Å². The predicted octanol–water partition coefficient (Wildman–Crippen LogP) is 0.981. The summed E-state index contributed by atoms with van der Waals surface area (Å²) < 4.78 is 25.0. The summed E-state index contributed by atoms with van der Waals surface area (Å²) in [4.78, 5) is 9.26. The van der Waals surface area contributed by atoms with Gasteiger partial charge in [-0.15, -0.1) is 0 Å². The van der Waals surface area contributed by atoms with Gasteiger partial charge < -0.3 is 0 Å². The van der Waals surface area contributed by atoms with Gasteiger partial charge in [-0.2, -0.15) is 0 Å². The summed E-state index contributed by atoms with van der Waals surface area (Å²) in [5.41, 5.74) is 0.785. The van der Waals surface area contributed by atoms with Crippen LogP contribution in [0.4, 0.5) is 0 Å². The first kappa shape index (κ1) is 12.5. The van der Waals surface area contributed by atoms with E-state index >= 15 is 0 Å². The van der Waals surface area contributed by atoms with E-state index in [0.717, 1.165) is 23.0 Å². The van der Waals surface area contributed by atoms with E-state index in [0.29, 0.717) is 19.6 Å². The van der Waals surface area contributed by atoms with Crippen LogP contribution in [0.25, 0.3) is 0 Å². The van der Waals surface area contributed by atoms with Gasteiger partial charge in [0.1, 0.15) is 0 Å². The predicted molar refractivity (Wildman–Crippen MR) is 63.6 cm³/mol. The van der Waals surface area contributed by atoms with Crippen LogP contribution in [-0.2, 0) is 21.3 Å². The summed E-state index contributed by atoms with van der Waals surface area (Å²) >= 11 is 0. The summed E-state index contributed by atoms with van der Waals surface area (Å²) in [5.74, 6) is 0.0456. The van der Waals surface area contributed by atoms with Crippen molar-refractivity contribution >= 4 is 10.0 Å². The van der Waals surface area contributed by atoms with Gasteiger partial charge in [-0.3, -0.25) is 9.82 Å². The van der Waals surface area contributed by atoms with Crippen molar-refractivity contribution in [2.75, 3.05) is 18.9 Å². The largest absolute Gasteiger partial charge is 0.284 e. The molecule has 0 aromatic carbocycles. The van der Waals surface area contributed by atoms with E-state index in [9.17, 15) is 8.42 Å². The SMILES string of the molecule is O=S(=O)(CCc1ccccn1)N1CCCCO1. The third kappa shape index (κ3) is 3.49. The molecule has 1 aromatic rings. The summed E-state index contributed by atoms with van der Waals surface area (Å²) in [7, 11) is -3.31. The number of hydrogen-bond donors (Lipinski definition) is 0. The summed E-state index contributed by atoms with van der Waals surface area (Å²) in [5, 5.41) is 0. The van der Waals surface area contributed by atoms with Gasteiger partial charge in [0.25, 0.3) is 0 Å². The maximum Gasteiger partial charge on any atom is 0.236 e. The molecular weight excluding hydrogens is 240 g/mol. The molecule has 1 aromatic heterocycles. The highest BCUT2D eigenvalue weighted by Gasteiger charge is 2.24. The molecule has 5 nitrogen and oxygen atoms in total. The zero-order valence-corrected chi connectivity index (χ0v) is 10.4. The van der Waals surface area contributed by atoms with Crippen LogP contribution in [0.2, 0.25) is 0 Å². The van der Waals surface area contributed by atoms with Crippen molar-refractivity contribution < 1.29 is 13.3 Å². The van der Waals surface area contributed by atoms with Crippen LogP contribution in [0, 0.1) is 0 Å². The molecule has 0 N–H and O–H groups in total. The maximum absolute atomic E-state index is 11.9. The molecule has 94 valence electrons. The van der Waals surface area contributed by atoms with E-state index in [-0.39, 0.29) is 5.75 Å². The lowest BCUT2D eigenvalue weighted by atomic mass is 10.3. The Morgan fingerprint density at radius 3 is 2.88 bits per heavy atom. The number of rotatable bonds is 4. The minimum Gasteiger partial charge on any atom is -0.284 e. The molecule has 6 heteroatoms. The minimum absolute atomic E-state index is 0.0456. The van der Waals surface area contributed by atoms with E-state index in [1.54, 1.807) is 6.20 Å². The molecule has 0 radical (unpaired) electrons. The second-order valence-corrected chi connectivity index (χ2v) is 5.93. The molecule has 0 unspecified atom stereocenters. The third-order valence-electron chi connectivity index (χ3n) is 2.62. The molecule has 1 aliphatic heterocycles. The van der Waals surface area contributed by atoms with Crippen LogP contribution in [0.1, 0.15) is 18.5 Å². The van der Waals surface area contributed by atoms with Crippen LogP contribution in [0.15, 0.2) is 24.4 Å². The highest BCUT2D eigenvalue weighted by atomic mass is 32.2. The molecule has 0 bridgehead atoms. The maximum atomic E-state index is 11.9. The van der Waals surface area contributed by atoms with Crippen molar-refractivity contribution in [1.82, 2.24) is 9.45 Å². The van der Waals surface area contributed by atoms with Gasteiger partial charge in [0.15, 0.2) is 0 Å². The smallest absolute Gasteiger partial charge is 0.236 e. The number of aromatic nitrogens is 1. The Hall–Kier alpha value is -0.980. The van der Waals surface area contributed by atoms with Crippen LogP contribution in [0.5, 0.6) is 0 Å². The first-order chi connectivity index (χ1) is 8.18. The summed E-state index contributed by atoms with van der Waals surface area (Å²) in [6.45, 7) is 0.952. The number of hydrogen-bond acceptors (Lipinski definition) is 4. The van der Waals surface area contributed by atoms with Gasteiger partial charge in [-0.05, 0) is 25.0 Å². The lowest BCUT2D eigenvalue weighted by Crippen LogP contribution is -2.37. The Labute approximate surface area is 101 Å². The first-order valence-corrected chi connectivity index (χ1v) is 7.33. The third-order valence-corrected chi connectivity index (χ3v) is 4.25. The lowest BCUT2D eigenvalue weighted by molar-refractivity contribution is -0.108. The fourth-order valence-corrected chi connectivity index (χ4v) is 2.99. The molecule has 0 aliphatic carbocycles. The van der Waals surface area contributed by atoms with E-state index in [2.05, 4.69) is 4.98 Å². The normalized spacial score (nSPS) is 18.1. The van der Waals surface area contributed by atoms with Gasteiger partial charge in [0.2, 0.25) is 10.0 Å². The molecule has 17 heavy (non-hydrogen) atoms. The molecule has 1 aliphatic rings. The van der Waals surface area contributed by atoms with E-state index in [1.165, 1.54) is 0 Å². The quantitative estimate of drug-likeness (QED) is 0.805. The minimum atomic E-state index is -3.31. The molecule has 2 heterocycles. The second kappa shape index (κ2) is 5.57. The molecule has 0 saturated carbocycles. The fourth-order valence-electron chi connectivity index (χ4n) is 1.67. The molecule has 0 spiro atoms. The zero-order chi connectivity index (χ0) is 12.1. The van der Waals surface area contributed by atoms with E-state index in [4.69, 9.17) is 4.84 Å². The molecule has 0 amide bonds. The standard InChI is InChI=1S/C11H16N2O3S/c14-17(15,13-8-3-4-9-16-13)10-6-11-5-1-2-7-12-11/h1-2,5,7H,3-4,6,8-10H2. The van der Waals surface area contributed by atoms with Crippen molar-refractivity contribution in [2.24, 2.45) is 0 Å². The highest BCUT2D eigenvalue weighted by molar-refractivity contribution is 7.88. The number of sulfonamides is 1. The number of hydroxylamine groups is 1. The lowest BCUT2D eigenvalue weighted by Gasteiger charge is -2.25. The van der Waals surface area contributed by atoms with Gasteiger partial charge in [-0.25, -0.2) is 8.42 Å². The Bertz CT molecular complexity index is 441.